The van der Waals surface area contributed by atoms with Crippen LogP contribution in [-0.2, 0) is 55.4 Å². The van der Waals surface area contributed by atoms with E-state index < -0.39 is 54.3 Å². The third-order valence-corrected chi connectivity index (χ3v) is 19.6. The first-order chi connectivity index (χ1) is 40.1. The molecule has 23 heteroatoms. The zero-order valence-corrected chi connectivity index (χ0v) is 49.7. The molecular formula is C63H66F6N4O11SSi. The number of benzene rings is 7. The number of carbonyl (C=O) groups is 1. The lowest BCUT2D eigenvalue weighted by Crippen LogP contribution is -2.44. The molecule has 2 aromatic heterocycles. The summed E-state index contributed by atoms with van der Waals surface area (Å²) in [6.07, 6.45) is -6.22. The highest BCUT2D eigenvalue weighted by atomic mass is 32.2. The number of aryl methyl sites for hydroxylation is 1. The summed E-state index contributed by atoms with van der Waals surface area (Å²) >= 11 is 0. The predicted molar refractivity (Wildman–Crippen MR) is 317 cm³/mol. The highest BCUT2D eigenvalue weighted by Crippen LogP contribution is 2.50. The van der Waals surface area contributed by atoms with Crippen molar-refractivity contribution in [2.45, 2.75) is 94.9 Å². The van der Waals surface area contributed by atoms with E-state index >= 15 is 0 Å². The largest absolute Gasteiger partial charge is 0.486 e. The monoisotopic (exact) mass is 1230 g/mol. The summed E-state index contributed by atoms with van der Waals surface area (Å²) in [5.74, 6) is 0.616. The van der Waals surface area contributed by atoms with Gasteiger partial charge in [-0.3, -0.25) is 9.35 Å². The number of fused-ring (bicyclic) bond motifs is 2. The van der Waals surface area contributed by atoms with Crippen LogP contribution < -0.4 is 9.47 Å². The second-order valence-electron chi connectivity index (χ2n) is 21.6. The van der Waals surface area contributed by atoms with Crippen LogP contribution in [0.2, 0.25) is 18.1 Å². The fourth-order valence-electron chi connectivity index (χ4n) is 8.63. The maximum Gasteiger partial charge on any atom is 0.416 e. The van der Waals surface area contributed by atoms with Crippen molar-refractivity contribution in [2.75, 3.05) is 26.4 Å². The number of halogens is 6. The van der Waals surface area contributed by atoms with E-state index in [2.05, 4.69) is 65.9 Å². The molecule has 1 atom stereocenters. The van der Waals surface area contributed by atoms with Crippen molar-refractivity contribution >= 4 is 46.3 Å². The average molecular weight is 1230 g/mol. The number of alkyl halides is 6. The van der Waals surface area contributed by atoms with Gasteiger partial charge < -0.3 is 43.9 Å². The molecule has 0 saturated carbocycles. The van der Waals surface area contributed by atoms with E-state index in [1.165, 1.54) is 49.2 Å². The molecule has 6 N–H and O–H groups in total. The van der Waals surface area contributed by atoms with Gasteiger partial charge in [-0.25, -0.2) is 9.97 Å². The number of epoxide rings is 1. The van der Waals surface area contributed by atoms with Gasteiger partial charge in [-0.05, 0) is 145 Å². The van der Waals surface area contributed by atoms with E-state index in [-0.39, 0.29) is 34.4 Å². The minimum Gasteiger partial charge on any atom is -0.486 e. The number of hydrogen-bond donors (Lipinski definition) is 4. The topological polar surface area (TPSA) is 230 Å². The Morgan fingerprint density at radius 2 is 1.12 bits per heavy atom. The van der Waals surface area contributed by atoms with Crippen LogP contribution in [0.1, 0.15) is 77.9 Å². The first kappa shape index (κ1) is 65.8. The molecule has 0 spiro atoms. The number of nitrogens with one attached hydrogen (secondary N) is 2. The summed E-state index contributed by atoms with van der Waals surface area (Å²) in [5, 5.41) is 9.26. The number of aliphatic hydroxyl groups is 1. The summed E-state index contributed by atoms with van der Waals surface area (Å²) in [5.41, 5.74) is 7.45. The smallest absolute Gasteiger partial charge is 0.416 e. The van der Waals surface area contributed by atoms with Gasteiger partial charge in [0, 0.05) is 24.3 Å². The molecule has 1 unspecified atom stereocenters. The Hall–Kier alpha value is -7.74. The number of aromatic amines is 2. The maximum absolute atomic E-state index is 12.8. The van der Waals surface area contributed by atoms with Crippen LogP contribution in [-0.4, -0.2) is 84.0 Å². The molecular weight excluding hydrogens is 1160 g/mol. The quantitative estimate of drug-likeness (QED) is 0.0262. The number of rotatable bonds is 14. The lowest BCUT2D eigenvalue weighted by atomic mass is 9.96. The van der Waals surface area contributed by atoms with Crippen molar-refractivity contribution in [3.63, 3.8) is 0 Å². The molecule has 2 aliphatic heterocycles. The Labute approximate surface area is 494 Å². The van der Waals surface area contributed by atoms with Crippen molar-refractivity contribution in [2.24, 2.45) is 0 Å². The molecule has 9 aromatic rings. The molecule has 2 saturated heterocycles. The zero-order chi connectivity index (χ0) is 61.4. The molecule has 0 aliphatic carbocycles. The third kappa shape index (κ3) is 17.0. The van der Waals surface area contributed by atoms with Crippen LogP contribution in [0, 0.1) is 6.92 Å². The first-order valence-corrected chi connectivity index (χ1v) is 31.3. The molecule has 0 radical (unpaired) electrons. The van der Waals surface area contributed by atoms with Crippen molar-refractivity contribution < 1.29 is 78.1 Å². The van der Waals surface area contributed by atoms with Gasteiger partial charge in [-0.2, -0.15) is 34.8 Å². The second-order valence-corrected chi connectivity index (χ2v) is 27.8. The molecule has 11 rings (SSSR count). The molecule has 0 bridgehead atoms. The van der Waals surface area contributed by atoms with Crippen molar-refractivity contribution in [3.05, 3.63) is 197 Å². The summed E-state index contributed by atoms with van der Waals surface area (Å²) in [7, 11) is -6.10. The Morgan fingerprint density at radius 1 is 0.663 bits per heavy atom. The van der Waals surface area contributed by atoms with Gasteiger partial charge in [-0.1, -0.05) is 99.1 Å². The van der Waals surface area contributed by atoms with Gasteiger partial charge in [-0.15, -0.1) is 0 Å². The van der Waals surface area contributed by atoms with E-state index in [9.17, 15) is 44.7 Å². The highest BCUT2D eigenvalue weighted by molar-refractivity contribution is 7.85. The lowest BCUT2D eigenvalue weighted by molar-refractivity contribution is -0.138. The van der Waals surface area contributed by atoms with Gasteiger partial charge in [0.15, 0.2) is 14.1 Å². The van der Waals surface area contributed by atoms with E-state index in [0.717, 1.165) is 81.8 Å². The van der Waals surface area contributed by atoms with Crippen LogP contribution >= 0.6 is 0 Å². The zero-order valence-electron chi connectivity index (χ0n) is 47.9. The van der Waals surface area contributed by atoms with Gasteiger partial charge in [0.25, 0.3) is 10.1 Å². The number of Topliss-reactive ketones (excluding diaryl/α,β-unsaturated/α-hetero) is 1. The van der Waals surface area contributed by atoms with Gasteiger partial charge in [0.05, 0.1) is 38.1 Å². The van der Waals surface area contributed by atoms with Crippen molar-refractivity contribution in [1.82, 2.24) is 19.9 Å². The fourth-order valence-corrected chi connectivity index (χ4v) is 10.5. The number of H-pyrrole nitrogens is 2. The molecule has 86 heavy (non-hydrogen) atoms. The maximum atomic E-state index is 12.8. The fraction of sp³-hybridized carbons (Fsp3) is 0.286. The van der Waals surface area contributed by atoms with Crippen molar-refractivity contribution in [3.8, 4) is 33.8 Å². The first-order valence-electron chi connectivity index (χ1n) is 27.0. The number of carbonyl (C=O) groups excluding carboxylic acids is 1. The number of ketones is 1. The lowest BCUT2D eigenvalue weighted by Gasteiger charge is -2.38. The normalized spacial score (nSPS) is 15.0. The Morgan fingerprint density at radius 3 is 1.53 bits per heavy atom. The Kier molecular flexibility index (Phi) is 20.9. The molecule has 456 valence electrons. The number of ether oxygens (including phenoxy) is 4. The van der Waals surface area contributed by atoms with E-state index in [4.69, 9.17) is 27.9 Å². The standard InChI is InChI=1S/C29H31F3N2O3Si.C23H17F3N2O3.C7H8O3S.C4H8O.H2O/c1-27(2,3)38(4,5)37-28(18-36-28)23-9-7-6-8-22(23)19-10-15-24-25(16-19)34-26(33-24)17-35-21-13-11-20(12-14-21)29(30,31)32;24-23(25,26)15-6-8-16(9-7-15)31-13-22-27-19-10-5-14(11-20(19)28-22)17-3-1-2-4-18(17)21(30)12-29;1-6-2-4-7(5-3-6)11(8,9)10;1-2-4-5-3-1;/h6-16H,17-18H2,1-5H3,(H,33,34);1-11,29H,12-13H2,(H,27,28);2-5H,1H3,(H,8,9,10);1-4H2;1H2. The third-order valence-electron chi connectivity index (χ3n) is 14.3. The summed E-state index contributed by atoms with van der Waals surface area (Å²) in [6.45, 7) is 15.0. The molecule has 0 amide bonds. The summed E-state index contributed by atoms with van der Waals surface area (Å²) < 4.78 is 135. The highest BCUT2D eigenvalue weighted by Gasteiger charge is 2.55. The summed E-state index contributed by atoms with van der Waals surface area (Å²) in [6, 6.07) is 41.7. The van der Waals surface area contributed by atoms with E-state index in [1.54, 1.807) is 36.4 Å². The van der Waals surface area contributed by atoms with Crippen LogP contribution in [0.4, 0.5) is 26.3 Å². The van der Waals surface area contributed by atoms with Crippen LogP contribution in [0.25, 0.3) is 44.3 Å². The van der Waals surface area contributed by atoms with Crippen LogP contribution in [0.15, 0.2) is 163 Å². The van der Waals surface area contributed by atoms with Gasteiger partial charge in [0.1, 0.15) is 49.6 Å². The SMILES string of the molecule is C1CCOC1.CC(C)(C)[Si](C)(C)OC1(c2ccccc2-c2ccc3nc(COc4ccc(C(F)(F)F)cc4)[nH]c3c2)CO1.Cc1ccc(S(=O)(=O)O)cc1.O.O=C(CO)c1ccccc1-c1ccc2nc(COc3ccc(C(F)(F)F)cc3)[nH]c2c1. The molecule has 2 aliphatic rings. The van der Waals surface area contributed by atoms with Crippen LogP contribution in [0.5, 0.6) is 11.5 Å². The minimum atomic E-state index is -4.39. The Bertz CT molecular complexity index is 3830. The van der Waals surface area contributed by atoms with Crippen LogP contribution in [0.3, 0.4) is 0 Å². The predicted octanol–water partition coefficient (Wildman–Crippen LogP) is 14.2. The number of nitrogens with zero attached hydrogens (tertiary/aromatic N) is 2. The second kappa shape index (κ2) is 27.3. The van der Waals surface area contributed by atoms with E-state index in [0.29, 0.717) is 46.4 Å². The average Bonchev–Trinajstić information content (AvgIpc) is 1.76. The van der Waals surface area contributed by atoms with Gasteiger partial charge in [0.2, 0.25) is 5.79 Å². The Balaban J connectivity index is 0.000000196. The summed E-state index contributed by atoms with van der Waals surface area (Å²) in [4.78, 5) is 27.4. The number of imidazole rings is 2. The molecule has 15 nitrogen and oxygen atoms in total. The number of aromatic nitrogens is 4. The molecule has 4 heterocycles. The van der Waals surface area contributed by atoms with Gasteiger partial charge >= 0.3 is 12.4 Å². The number of hydrogen-bond acceptors (Lipinski definition) is 11. The van der Waals surface area contributed by atoms with Crippen molar-refractivity contribution in [1.29, 1.82) is 0 Å². The molecule has 2 fully saturated rings. The minimum absolute atomic E-state index is 0. The van der Waals surface area contributed by atoms with E-state index in [1.807, 2.05) is 55.5 Å². The molecule has 7 aromatic carbocycles. The number of aliphatic hydroxyl groups excluding tert-OH is 1.